The molecule has 7 aromatic rings. The number of hydrogen-bond acceptors (Lipinski definition) is 10. The smallest absolute Gasteiger partial charge is 0.275 e. The van der Waals surface area contributed by atoms with Crippen LogP contribution in [0.3, 0.4) is 0 Å². The van der Waals surface area contributed by atoms with Crippen LogP contribution in [0.1, 0.15) is 53.1 Å². The fourth-order valence-electron chi connectivity index (χ4n) is 5.47. The quantitative estimate of drug-likeness (QED) is 0.113. The van der Waals surface area contributed by atoms with Gasteiger partial charge < -0.3 is 21.3 Å². The van der Waals surface area contributed by atoms with Crippen molar-refractivity contribution in [3.63, 3.8) is 0 Å². The molecule has 274 valence electrons. The van der Waals surface area contributed by atoms with Gasteiger partial charge in [-0.15, -0.1) is 0 Å². The highest BCUT2D eigenvalue weighted by molar-refractivity contribution is 6.09. The first kappa shape index (κ1) is 36.4. The third-order valence-electron chi connectivity index (χ3n) is 8.12. The third-order valence-corrected chi connectivity index (χ3v) is 8.12. The summed E-state index contributed by atoms with van der Waals surface area (Å²) in [4.78, 5) is 79.1. The van der Waals surface area contributed by atoms with Crippen LogP contribution in [0.2, 0.25) is 0 Å². The molecule has 4 N–H and O–H groups in total. The maximum Gasteiger partial charge on any atom is 0.275 e. The van der Waals surface area contributed by atoms with Gasteiger partial charge in [0.15, 0.2) is 0 Å². The van der Waals surface area contributed by atoms with E-state index in [2.05, 4.69) is 51.2 Å². The molecule has 0 aliphatic heterocycles. The Kier molecular flexibility index (Phi) is 10.6. The van der Waals surface area contributed by atoms with Crippen molar-refractivity contribution in [1.29, 1.82) is 0 Å². The molecule has 0 unspecified atom stereocenters. The molecule has 0 aliphatic carbocycles. The highest BCUT2D eigenvalue weighted by atomic mass is 16.2. The number of nitrogens with one attached hydrogen (secondary N) is 4. The van der Waals surface area contributed by atoms with Crippen LogP contribution in [0.4, 0.5) is 23.3 Å². The van der Waals surface area contributed by atoms with Crippen LogP contribution in [-0.2, 0) is 0 Å². The van der Waals surface area contributed by atoms with Gasteiger partial charge in [0.2, 0.25) is 0 Å². The topological polar surface area (TPSA) is 194 Å². The lowest BCUT2D eigenvalue weighted by molar-refractivity contribution is 0.101. The van der Waals surface area contributed by atoms with Crippen molar-refractivity contribution in [3.8, 4) is 22.8 Å². The lowest BCUT2D eigenvalue weighted by Crippen LogP contribution is -2.18. The van der Waals surface area contributed by atoms with E-state index < -0.39 is 23.6 Å². The maximum atomic E-state index is 13.2. The van der Waals surface area contributed by atoms with Gasteiger partial charge in [0.1, 0.15) is 34.7 Å². The lowest BCUT2D eigenvalue weighted by atomic mass is 10.1. The number of rotatable bonds is 10. The number of hydrogen-bond donors (Lipinski definition) is 4. The standard InChI is InChI=1S/C42H32N10O4/c1-25-10-3-14-29(43-25)31-16-6-18-33(45-31)41(55)51-37-22-8-20-35(47-37)49-39(53)27-12-5-13-28(24-27)40(54)50-36-21-9-23-38(48-36)52-42(56)34-19-7-17-32(46-34)30-15-4-11-26(2)44-30/h3-24H,1-2H3,(H2,47,49,51,53,55)(H2,48,50,52,54,56). The van der Waals surface area contributed by atoms with Crippen molar-refractivity contribution in [2.24, 2.45) is 0 Å². The van der Waals surface area contributed by atoms with E-state index in [1.165, 1.54) is 6.07 Å². The minimum absolute atomic E-state index is 0.166. The number of anilines is 4. The molecule has 56 heavy (non-hydrogen) atoms. The second kappa shape index (κ2) is 16.3. The van der Waals surface area contributed by atoms with Gasteiger partial charge in [0.05, 0.1) is 22.8 Å². The van der Waals surface area contributed by atoms with Gasteiger partial charge in [-0.3, -0.25) is 29.1 Å². The highest BCUT2D eigenvalue weighted by Gasteiger charge is 2.16. The predicted molar refractivity (Wildman–Crippen MR) is 211 cm³/mol. The van der Waals surface area contributed by atoms with Crippen LogP contribution in [-0.4, -0.2) is 53.5 Å². The normalized spacial score (nSPS) is 10.6. The number of benzene rings is 1. The summed E-state index contributed by atoms with van der Waals surface area (Å²) in [5.41, 5.74) is 4.74. The summed E-state index contributed by atoms with van der Waals surface area (Å²) in [5.74, 6) is -1.32. The average Bonchev–Trinajstić information content (AvgIpc) is 3.21. The Balaban J connectivity index is 0.969. The monoisotopic (exact) mass is 740 g/mol. The van der Waals surface area contributed by atoms with Crippen molar-refractivity contribution in [2.45, 2.75) is 13.8 Å². The Morgan fingerprint density at radius 2 is 0.679 bits per heavy atom. The Labute approximate surface area is 320 Å². The summed E-state index contributed by atoms with van der Waals surface area (Å²) in [6, 6.07) is 36.9. The maximum absolute atomic E-state index is 13.2. The van der Waals surface area contributed by atoms with Crippen molar-refractivity contribution in [3.05, 3.63) is 167 Å². The van der Waals surface area contributed by atoms with E-state index >= 15 is 0 Å². The molecular formula is C42H32N10O4. The molecule has 0 spiro atoms. The van der Waals surface area contributed by atoms with Crippen LogP contribution in [0.15, 0.2) is 133 Å². The number of pyridine rings is 6. The van der Waals surface area contributed by atoms with Crippen molar-refractivity contribution >= 4 is 46.9 Å². The van der Waals surface area contributed by atoms with Crippen LogP contribution < -0.4 is 21.3 Å². The van der Waals surface area contributed by atoms with Crippen LogP contribution in [0.5, 0.6) is 0 Å². The number of carbonyl (C=O) groups excluding carboxylic acids is 4. The number of aromatic nitrogens is 6. The van der Waals surface area contributed by atoms with Gasteiger partial charge in [-0.2, -0.15) is 0 Å². The molecule has 0 radical (unpaired) electrons. The summed E-state index contributed by atoms with van der Waals surface area (Å²) in [5, 5.41) is 10.8. The number of nitrogens with zero attached hydrogens (tertiary/aromatic N) is 6. The van der Waals surface area contributed by atoms with Crippen molar-refractivity contribution in [1.82, 2.24) is 29.9 Å². The Morgan fingerprint density at radius 1 is 0.357 bits per heavy atom. The molecule has 14 heteroatoms. The molecule has 0 saturated heterocycles. The lowest BCUT2D eigenvalue weighted by Gasteiger charge is -2.10. The molecule has 0 bridgehead atoms. The van der Waals surface area contributed by atoms with Gasteiger partial charge in [-0.1, -0.05) is 42.5 Å². The number of carbonyl (C=O) groups is 4. The van der Waals surface area contributed by atoms with Gasteiger partial charge >= 0.3 is 0 Å². The fourth-order valence-corrected chi connectivity index (χ4v) is 5.47. The first-order chi connectivity index (χ1) is 27.2. The van der Waals surface area contributed by atoms with Crippen LogP contribution in [0, 0.1) is 13.8 Å². The van der Waals surface area contributed by atoms with E-state index in [0.717, 1.165) is 11.4 Å². The molecule has 6 aromatic heterocycles. The Hall–Kier alpha value is -8.00. The second-order valence-corrected chi connectivity index (χ2v) is 12.4. The molecule has 0 atom stereocenters. The van der Waals surface area contributed by atoms with Gasteiger partial charge in [-0.25, -0.2) is 19.9 Å². The molecule has 6 heterocycles. The number of aryl methyl sites for hydroxylation is 2. The zero-order valence-corrected chi connectivity index (χ0v) is 30.0. The van der Waals surface area contributed by atoms with E-state index in [9.17, 15) is 19.2 Å². The van der Waals surface area contributed by atoms with E-state index in [4.69, 9.17) is 0 Å². The SMILES string of the molecule is Cc1cccc(-c2cccc(C(=O)Nc3cccc(NC(=O)c4cccc(C(=O)Nc5cccc(NC(=O)c6cccc(-c7cccc(C)n7)n6)n5)c4)n3)n2)n1. The summed E-state index contributed by atoms with van der Waals surface area (Å²) in [7, 11) is 0. The van der Waals surface area contributed by atoms with E-state index in [1.807, 2.05) is 50.2 Å². The highest BCUT2D eigenvalue weighted by Crippen LogP contribution is 2.19. The molecule has 0 aliphatic rings. The van der Waals surface area contributed by atoms with Gasteiger partial charge in [-0.05, 0) is 105 Å². The molecular weight excluding hydrogens is 709 g/mol. The molecule has 14 nitrogen and oxygen atoms in total. The fraction of sp³-hybridized carbons (Fsp3) is 0.0476. The zero-order chi connectivity index (χ0) is 39.0. The predicted octanol–water partition coefficient (Wildman–Crippen LogP) is 7.02. The molecule has 7 rings (SSSR count). The average molecular weight is 741 g/mol. The molecule has 0 fully saturated rings. The van der Waals surface area contributed by atoms with Crippen LogP contribution in [0.25, 0.3) is 22.8 Å². The van der Waals surface area contributed by atoms with Gasteiger partial charge in [0, 0.05) is 22.5 Å². The van der Waals surface area contributed by atoms with E-state index in [0.29, 0.717) is 22.8 Å². The first-order valence-corrected chi connectivity index (χ1v) is 17.3. The first-order valence-electron chi connectivity index (χ1n) is 17.3. The second-order valence-electron chi connectivity index (χ2n) is 12.4. The summed E-state index contributed by atoms with van der Waals surface area (Å²) in [6.07, 6.45) is 0. The Bertz CT molecular complexity index is 2450. The summed E-state index contributed by atoms with van der Waals surface area (Å²) >= 11 is 0. The molecule has 4 amide bonds. The van der Waals surface area contributed by atoms with E-state index in [1.54, 1.807) is 91.0 Å². The minimum atomic E-state index is -0.533. The number of amides is 4. The van der Waals surface area contributed by atoms with Crippen molar-refractivity contribution in [2.75, 3.05) is 21.3 Å². The third kappa shape index (κ3) is 8.95. The molecule has 0 saturated carbocycles. The summed E-state index contributed by atoms with van der Waals surface area (Å²) < 4.78 is 0. The Morgan fingerprint density at radius 3 is 1.07 bits per heavy atom. The van der Waals surface area contributed by atoms with Gasteiger partial charge in [0.25, 0.3) is 23.6 Å². The minimum Gasteiger partial charge on any atom is -0.306 e. The van der Waals surface area contributed by atoms with E-state index in [-0.39, 0.29) is 45.8 Å². The van der Waals surface area contributed by atoms with Crippen molar-refractivity contribution < 1.29 is 19.2 Å². The van der Waals surface area contributed by atoms with Crippen LogP contribution >= 0.6 is 0 Å². The zero-order valence-electron chi connectivity index (χ0n) is 30.0. The summed E-state index contributed by atoms with van der Waals surface area (Å²) in [6.45, 7) is 3.75. The molecule has 1 aromatic carbocycles. The largest absolute Gasteiger partial charge is 0.306 e.